The van der Waals surface area contributed by atoms with Crippen molar-refractivity contribution in [1.82, 2.24) is 5.32 Å². The Morgan fingerprint density at radius 1 is 1.41 bits per heavy atom. The highest BCUT2D eigenvalue weighted by atomic mass is 35.5. The van der Waals surface area contributed by atoms with Crippen LogP contribution in [0, 0.1) is 5.92 Å². The van der Waals surface area contributed by atoms with Crippen molar-refractivity contribution in [2.24, 2.45) is 11.7 Å². The minimum Gasteiger partial charge on any atom is -0.492 e. The maximum absolute atomic E-state index is 12.0. The Hall–Kier alpha value is -0.970. The number of benzene rings is 1. The molecule has 3 N–H and O–H groups in total. The van der Waals surface area contributed by atoms with Crippen LogP contribution < -0.4 is 15.8 Å². The van der Waals surface area contributed by atoms with Gasteiger partial charge in [0.2, 0.25) is 5.91 Å². The van der Waals surface area contributed by atoms with E-state index in [2.05, 4.69) is 5.32 Å². The summed E-state index contributed by atoms with van der Waals surface area (Å²) in [6.45, 7) is 6.95. The van der Waals surface area contributed by atoms with Crippen molar-refractivity contribution in [1.29, 1.82) is 0 Å². The molecular weight excluding hydrogens is 323 g/mol. The van der Waals surface area contributed by atoms with Crippen LogP contribution in [-0.2, 0) is 4.79 Å². The summed E-state index contributed by atoms with van der Waals surface area (Å²) in [4.78, 5) is 12.0. The molecule has 1 aromatic carbocycles. The van der Waals surface area contributed by atoms with Crippen molar-refractivity contribution < 1.29 is 9.53 Å². The van der Waals surface area contributed by atoms with E-state index < -0.39 is 0 Å². The Bertz CT molecular complexity index is 469. The molecule has 0 spiro atoms. The summed E-state index contributed by atoms with van der Waals surface area (Å²) in [7, 11) is 0. The first-order valence-corrected chi connectivity index (χ1v) is 7.65. The average molecular weight is 349 g/mol. The molecule has 1 atom stereocenters. The number of hydrogen-bond donors (Lipinski definition) is 2. The number of ether oxygens (including phenoxy) is 1. The molecule has 6 heteroatoms. The summed E-state index contributed by atoms with van der Waals surface area (Å²) in [6.07, 6.45) is 1.04. The van der Waals surface area contributed by atoms with Gasteiger partial charge in [0.25, 0.3) is 0 Å². The summed E-state index contributed by atoms with van der Waals surface area (Å²) in [6, 6.07) is 7.30. The summed E-state index contributed by atoms with van der Waals surface area (Å²) < 4.78 is 5.55. The first kappa shape index (κ1) is 21.0. The number of halogens is 2. The highest BCUT2D eigenvalue weighted by molar-refractivity contribution is 6.32. The summed E-state index contributed by atoms with van der Waals surface area (Å²) in [5.41, 5.74) is 5.39. The molecule has 0 fully saturated rings. The van der Waals surface area contributed by atoms with Crippen LogP contribution in [0.2, 0.25) is 5.02 Å². The molecule has 0 saturated carbocycles. The summed E-state index contributed by atoms with van der Waals surface area (Å²) in [5.74, 6) is 0.929. The lowest BCUT2D eigenvalue weighted by Gasteiger charge is -2.33. The fourth-order valence-corrected chi connectivity index (χ4v) is 1.98. The maximum atomic E-state index is 12.0. The Balaban J connectivity index is 0.00000441. The number of nitrogens with two attached hydrogens (primary N) is 1. The standard InChI is InChI=1S/C16H25ClN2O2.ClH/c1-12(2)16(3,11-18)19-15(20)9-6-10-21-14-8-5-4-7-13(14)17;/h4-5,7-8,12H,6,9-11,18H2,1-3H3,(H,19,20);1H. The third kappa shape index (κ3) is 6.42. The van der Waals surface area contributed by atoms with Gasteiger partial charge in [-0.05, 0) is 31.4 Å². The predicted molar refractivity (Wildman–Crippen MR) is 93.9 cm³/mol. The van der Waals surface area contributed by atoms with Gasteiger partial charge in [0.15, 0.2) is 0 Å². The molecule has 1 rings (SSSR count). The van der Waals surface area contributed by atoms with E-state index in [9.17, 15) is 4.79 Å². The van der Waals surface area contributed by atoms with Crippen molar-refractivity contribution in [3.63, 3.8) is 0 Å². The van der Waals surface area contributed by atoms with E-state index in [4.69, 9.17) is 22.1 Å². The maximum Gasteiger partial charge on any atom is 0.220 e. The fraction of sp³-hybridized carbons (Fsp3) is 0.562. The number of hydrogen-bond acceptors (Lipinski definition) is 3. The predicted octanol–water partition coefficient (Wildman–Crippen LogP) is 3.41. The van der Waals surface area contributed by atoms with Gasteiger partial charge in [-0.25, -0.2) is 0 Å². The van der Waals surface area contributed by atoms with Crippen molar-refractivity contribution in [3.8, 4) is 5.75 Å². The molecule has 1 amide bonds. The van der Waals surface area contributed by atoms with Crippen LogP contribution in [0.4, 0.5) is 0 Å². The highest BCUT2D eigenvalue weighted by Crippen LogP contribution is 2.23. The van der Waals surface area contributed by atoms with Crippen molar-refractivity contribution >= 4 is 29.9 Å². The Morgan fingerprint density at radius 2 is 2.05 bits per heavy atom. The summed E-state index contributed by atoms with van der Waals surface area (Å²) in [5, 5.41) is 3.59. The quantitative estimate of drug-likeness (QED) is 0.707. The highest BCUT2D eigenvalue weighted by Gasteiger charge is 2.28. The number of amides is 1. The van der Waals surface area contributed by atoms with Crippen LogP contribution in [0.25, 0.3) is 0 Å². The number of carbonyl (C=O) groups is 1. The Morgan fingerprint density at radius 3 is 2.59 bits per heavy atom. The van der Waals surface area contributed by atoms with Crippen molar-refractivity contribution in [2.75, 3.05) is 13.2 Å². The van der Waals surface area contributed by atoms with Gasteiger partial charge >= 0.3 is 0 Å². The van der Waals surface area contributed by atoms with E-state index in [1.165, 1.54) is 0 Å². The molecule has 1 unspecified atom stereocenters. The van der Waals surface area contributed by atoms with E-state index in [-0.39, 0.29) is 29.8 Å². The van der Waals surface area contributed by atoms with Crippen LogP contribution in [0.1, 0.15) is 33.6 Å². The third-order valence-electron chi connectivity index (χ3n) is 3.77. The average Bonchev–Trinajstić information content (AvgIpc) is 2.45. The lowest BCUT2D eigenvalue weighted by molar-refractivity contribution is -0.123. The van der Waals surface area contributed by atoms with Crippen molar-refractivity contribution in [2.45, 2.75) is 39.2 Å². The molecule has 0 bridgehead atoms. The Kier molecular flexibility index (Phi) is 9.49. The Labute approximate surface area is 144 Å². The van der Waals surface area contributed by atoms with Crippen LogP contribution in [0.3, 0.4) is 0 Å². The second kappa shape index (κ2) is 9.93. The SMILES string of the molecule is CC(C)C(C)(CN)NC(=O)CCCOc1ccccc1Cl.Cl. The van der Waals surface area contributed by atoms with E-state index in [1.807, 2.05) is 39.0 Å². The van der Waals surface area contributed by atoms with Crippen LogP contribution >= 0.6 is 24.0 Å². The molecule has 0 aromatic heterocycles. The van der Waals surface area contributed by atoms with Crippen LogP contribution in [0.5, 0.6) is 5.75 Å². The number of carbonyl (C=O) groups excluding carboxylic acids is 1. The molecule has 0 aliphatic carbocycles. The first-order valence-electron chi connectivity index (χ1n) is 7.27. The molecule has 0 heterocycles. The molecule has 22 heavy (non-hydrogen) atoms. The van der Waals surface area contributed by atoms with Gasteiger partial charge < -0.3 is 15.8 Å². The van der Waals surface area contributed by atoms with Crippen molar-refractivity contribution in [3.05, 3.63) is 29.3 Å². The molecule has 126 valence electrons. The number of para-hydroxylation sites is 1. The van der Waals surface area contributed by atoms with E-state index >= 15 is 0 Å². The third-order valence-corrected chi connectivity index (χ3v) is 4.08. The zero-order chi connectivity index (χ0) is 15.9. The molecule has 4 nitrogen and oxygen atoms in total. The number of nitrogens with one attached hydrogen (secondary N) is 1. The van der Waals surface area contributed by atoms with Gasteiger partial charge in [-0.1, -0.05) is 37.6 Å². The zero-order valence-corrected chi connectivity index (χ0v) is 15.0. The number of rotatable bonds is 8. The van der Waals surface area contributed by atoms with Gasteiger partial charge in [-0.15, -0.1) is 12.4 Å². The van der Waals surface area contributed by atoms with E-state index in [0.29, 0.717) is 36.8 Å². The second-order valence-electron chi connectivity index (χ2n) is 5.71. The normalized spacial score (nSPS) is 13.2. The smallest absolute Gasteiger partial charge is 0.220 e. The minimum absolute atomic E-state index is 0. The molecular formula is C16H26Cl2N2O2. The fourth-order valence-electron chi connectivity index (χ4n) is 1.79. The molecule has 0 radical (unpaired) electrons. The topological polar surface area (TPSA) is 64.3 Å². The van der Waals surface area contributed by atoms with Crippen LogP contribution in [-0.4, -0.2) is 24.6 Å². The molecule has 0 aliphatic rings. The lowest BCUT2D eigenvalue weighted by atomic mass is 9.88. The van der Waals surface area contributed by atoms with E-state index in [0.717, 1.165) is 0 Å². The van der Waals surface area contributed by atoms with Gasteiger partial charge in [0, 0.05) is 13.0 Å². The second-order valence-corrected chi connectivity index (χ2v) is 6.11. The van der Waals surface area contributed by atoms with Gasteiger partial charge in [-0.2, -0.15) is 0 Å². The lowest BCUT2D eigenvalue weighted by Crippen LogP contribution is -2.55. The largest absolute Gasteiger partial charge is 0.492 e. The molecule has 1 aromatic rings. The molecule has 0 aliphatic heterocycles. The van der Waals surface area contributed by atoms with Gasteiger partial charge in [0.1, 0.15) is 5.75 Å². The zero-order valence-electron chi connectivity index (χ0n) is 13.4. The first-order chi connectivity index (χ1) is 9.89. The van der Waals surface area contributed by atoms with Gasteiger partial charge in [-0.3, -0.25) is 4.79 Å². The van der Waals surface area contributed by atoms with Gasteiger partial charge in [0.05, 0.1) is 17.2 Å². The minimum atomic E-state index is -0.360. The molecule has 0 saturated heterocycles. The van der Waals surface area contributed by atoms with E-state index in [1.54, 1.807) is 6.07 Å². The van der Waals surface area contributed by atoms with Crippen LogP contribution in [0.15, 0.2) is 24.3 Å². The monoisotopic (exact) mass is 348 g/mol. The summed E-state index contributed by atoms with van der Waals surface area (Å²) >= 11 is 5.99.